The summed E-state index contributed by atoms with van der Waals surface area (Å²) >= 11 is 0. The number of nitrogens with zero attached hydrogens (tertiary/aromatic N) is 7. The van der Waals surface area contributed by atoms with Crippen LogP contribution >= 0.6 is 0 Å². The summed E-state index contributed by atoms with van der Waals surface area (Å²) < 4.78 is 0. The van der Waals surface area contributed by atoms with E-state index in [-0.39, 0.29) is 11.8 Å². The molecule has 2 aliphatic carbocycles. The number of benzene rings is 4. The number of allylic oxidation sites excluding steroid dienone is 3. The van der Waals surface area contributed by atoms with Crippen LogP contribution in [-0.2, 0) is 0 Å². The van der Waals surface area contributed by atoms with E-state index in [0.29, 0.717) is 34.3 Å². The van der Waals surface area contributed by atoms with E-state index in [4.69, 9.17) is 30.0 Å². The number of aromatic nitrogens is 1. The minimum absolute atomic E-state index is 0.118. The van der Waals surface area contributed by atoms with E-state index in [2.05, 4.69) is 90.0 Å². The molecule has 53 heavy (non-hydrogen) atoms. The molecule has 250 valence electrons. The van der Waals surface area contributed by atoms with Crippen LogP contribution in [0.25, 0.3) is 22.4 Å². The number of amidine groups is 4. The van der Waals surface area contributed by atoms with Crippen molar-refractivity contribution in [1.29, 1.82) is 5.41 Å². The fourth-order valence-electron chi connectivity index (χ4n) is 9.10. The molecule has 4 unspecified atom stereocenters. The first kappa shape index (κ1) is 28.8. The normalized spacial score (nSPS) is 26.2. The fraction of sp³-hybridized carbons (Fsp3) is 0.114. The molecule has 0 radical (unpaired) electrons. The Balaban J connectivity index is 1.31. The van der Waals surface area contributed by atoms with Gasteiger partial charge in [-0.3, -0.25) is 15.3 Å². The molecule has 6 aliphatic heterocycles. The van der Waals surface area contributed by atoms with E-state index in [1.807, 2.05) is 53.6 Å². The molecule has 0 saturated heterocycles. The first-order valence-electron chi connectivity index (χ1n) is 18.0. The summed E-state index contributed by atoms with van der Waals surface area (Å²) in [6, 6.07) is 33.0. The summed E-state index contributed by atoms with van der Waals surface area (Å²) in [4.78, 5) is 38.6. The third-order valence-electron chi connectivity index (χ3n) is 11.5. The van der Waals surface area contributed by atoms with Crippen LogP contribution in [0.3, 0.4) is 0 Å². The highest BCUT2D eigenvalue weighted by atomic mass is 15.3. The zero-order chi connectivity index (χ0) is 34.8. The van der Waals surface area contributed by atoms with E-state index in [0.717, 1.165) is 67.4 Å². The van der Waals surface area contributed by atoms with Gasteiger partial charge in [0.15, 0.2) is 11.5 Å². The van der Waals surface area contributed by atoms with Crippen molar-refractivity contribution < 1.29 is 0 Å². The molecular formula is C44H29N9. The van der Waals surface area contributed by atoms with Crippen molar-refractivity contribution >= 4 is 51.5 Å². The van der Waals surface area contributed by atoms with Gasteiger partial charge in [0.25, 0.3) is 0 Å². The topological polar surface area (TPSA) is 117 Å². The molecule has 5 aromatic rings. The lowest BCUT2D eigenvalue weighted by molar-refractivity contribution is 0.423. The average molecular weight is 684 g/mol. The van der Waals surface area contributed by atoms with Crippen LogP contribution in [-0.4, -0.2) is 50.8 Å². The Kier molecular flexibility index (Phi) is 5.62. The van der Waals surface area contributed by atoms with Crippen molar-refractivity contribution in [2.45, 2.75) is 18.2 Å². The lowest BCUT2D eigenvalue weighted by Crippen LogP contribution is -2.46. The second-order valence-corrected chi connectivity index (χ2v) is 14.2. The van der Waals surface area contributed by atoms with Gasteiger partial charge in [0.1, 0.15) is 34.6 Å². The SMILES string of the molecule is N=C1c2ccccc2C2=NC3=NC4(C=CN=C5c6ccccc6/C6=C/c7ccccc7C(=NC(C56)N12)N=c1[nH]c(c2ccccc12)=N4)C1=CC=CCC13. The highest BCUT2D eigenvalue weighted by molar-refractivity contribution is 6.28. The molecule has 4 aromatic carbocycles. The second kappa shape index (κ2) is 10.4. The number of aliphatic imine (C=N–C) groups is 4. The molecule has 1 aromatic heterocycles. The second-order valence-electron chi connectivity index (χ2n) is 14.2. The maximum atomic E-state index is 9.87. The fourth-order valence-corrected chi connectivity index (χ4v) is 9.10. The predicted octanol–water partition coefficient (Wildman–Crippen LogP) is 6.39. The first-order valence-corrected chi connectivity index (χ1v) is 18.0. The van der Waals surface area contributed by atoms with Gasteiger partial charge in [-0.25, -0.2) is 25.0 Å². The molecule has 0 saturated carbocycles. The molecule has 9 nitrogen and oxygen atoms in total. The molecule has 1 spiro atoms. The molecule has 4 atom stereocenters. The summed E-state index contributed by atoms with van der Waals surface area (Å²) in [5.74, 6) is 1.72. The van der Waals surface area contributed by atoms with Crippen LogP contribution in [0.2, 0.25) is 0 Å². The van der Waals surface area contributed by atoms with Crippen LogP contribution in [0.5, 0.6) is 0 Å². The Bertz CT molecular complexity index is 2930. The average Bonchev–Trinajstić information content (AvgIpc) is 3.87. The van der Waals surface area contributed by atoms with Crippen molar-refractivity contribution in [3.8, 4) is 0 Å². The van der Waals surface area contributed by atoms with E-state index in [1.165, 1.54) is 0 Å². The van der Waals surface area contributed by atoms with Crippen LogP contribution in [0.1, 0.15) is 39.8 Å². The third-order valence-corrected chi connectivity index (χ3v) is 11.5. The molecule has 0 amide bonds. The van der Waals surface area contributed by atoms with Gasteiger partial charge >= 0.3 is 0 Å². The van der Waals surface area contributed by atoms with Gasteiger partial charge in [-0.2, -0.15) is 0 Å². The van der Waals surface area contributed by atoms with Gasteiger partial charge in [0, 0.05) is 45.1 Å². The van der Waals surface area contributed by atoms with Gasteiger partial charge in [-0.1, -0.05) is 115 Å². The molecule has 0 fully saturated rings. The molecule has 8 aliphatic rings. The summed E-state index contributed by atoms with van der Waals surface area (Å²) in [6.07, 6.45) is 12.6. The Morgan fingerprint density at radius 1 is 0.755 bits per heavy atom. The number of hydrogen-bond acceptors (Lipinski definition) is 7. The van der Waals surface area contributed by atoms with E-state index in [9.17, 15) is 5.41 Å². The Labute approximate surface area is 303 Å². The van der Waals surface area contributed by atoms with Crippen LogP contribution in [0, 0.1) is 17.2 Å². The van der Waals surface area contributed by atoms with Gasteiger partial charge in [-0.15, -0.1) is 0 Å². The zero-order valence-electron chi connectivity index (χ0n) is 28.3. The quantitative estimate of drug-likeness (QED) is 0.193. The van der Waals surface area contributed by atoms with Crippen molar-refractivity contribution in [3.63, 3.8) is 0 Å². The highest BCUT2D eigenvalue weighted by Gasteiger charge is 2.50. The summed E-state index contributed by atoms with van der Waals surface area (Å²) in [7, 11) is 0. The number of aromatic amines is 1. The summed E-state index contributed by atoms with van der Waals surface area (Å²) in [5, 5.41) is 11.7. The number of H-pyrrole nitrogens is 1. The first-order chi connectivity index (χ1) is 26.1. The monoisotopic (exact) mass is 683 g/mol. The Morgan fingerprint density at radius 3 is 2.36 bits per heavy atom. The molecule has 9 heteroatoms. The number of nitrogens with one attached hydrogen (secondary N) is 2. The number of hydrogen-bond donors (Lipinski definition) is 2. The third kappa shape index (κ3) is 3.88. The van der Waals surface area contributed by atoms with Gasteiger partial charge in [0.05, 0.1) is 11.6 Å². The largest absolute Gasteiger partial charge is 0.324 e. The van der Waals surface area contributed by atoms with Crippen molar-refractivity contribution in [2.24, 2.45) is 41.8 Å². The Hall–Kier alpha value is -6.87. The number of rotatable bonds is 0. The highest BCUT2D eigenvalue weighted by Crippen LogP contribution is 2.47. The molecule has 7 bridgehead atoms. The lowest BCUT2D eigenvalue weighted by atomic mass is 9.85. The summed E-state index contributed by atoms with van der Waals surface area (Å²) in [5.41, 5.74) is 8.92. The Morgan fingerprint density at radius 2 is 1.49 bits per heavy atom. The van der Waals surface area contributed by atoms with Crippen LogP contribution in [0.15, 0.2) is 163 Å². The maximum Gasteiger partial charge on any atom is 0.197 e. The van der Waals surface area contributed by atoms with Crippen molar-refractivity contribution in [3.05, 3.63) is 177 Å². The minimum atomic E-state index is -1.13. The molecular weight excluding hydrogens is 655 g/mol. The molecule has 7 heterocycles. The summed E-state index contributed by atoms with van der Waals surface area (Å²) in [6.45, 7) is 0. The number of fused-ring (bicyclic) bond motifs is 7. The predicted molar refractivity (Wildman–Crippen MR) is 208 cm³/mol. The van der Waals surface area contributed by atoms with E-state index < -0.39 is 11.8 Å². The van der Waals surface area contributed by atoms with Crippen molar-refractivity contribution in [2.75, 3.05) is 0 Å². The van der Waals surface area contributed by atoms with Crippen molar-refractivity contribution in [1.82, 2.24) is 9.88 Å². The van der Waals surface area contributed by atoms with Crippen LogP contribution in [0.4, 0.5) is 0 Å². The molecule has 2 N–H and O–H groups in total. The van der Waals surface area contributed by atoms with Gasteiger partial charge < -0.3 is 4.98 Å². The lowest BCUT2D eigenvalue weighted by Gasteiger charge is -2.34. The minimum Gasteiger partial charge on any atom is -0.324 e. The standard InChI is InChI=1S/C44H29N9/c45-37-28-15-5-8-18-31(28)42-50-41-32-19-9-10-20-34(32)44(52-41)21-22-46-36-27-14-4-3-13-26(27)33-23-24-11-1-2-12-25(24)38(49-43(35(33)36)53(37)42)47-39-29-16-6-7-17-30(29)40(48-39)51-44/h1-18,20-23,32,35,43,45H,19H2,(H,47,48,49,51)/b22-21?,33-23-,45-37?,46-36?,50-42?. The zero-order valence-corrected chi connectivity index (χ0v) is 28.3. The molecule has 13 rings (SSSR count). The van der Waals surface area contributed by atoms with E-state index in [1.54, 1.807) is 0 Å². The van der Waals surface area contributed by atoms with Crippen LogP contribution < -0.4 is 11.0 Å². The van der Waals surface area contributed by atoms with E-state index >= 15 is 0 Å². The van der Waals surface area contributed by atoms with Gasteiger partial charge in [-0.05, 0) is 40.8 Å². The smallest absolute Gasteiger partial charge is 0.197 e. The maximum absolute atomic E-state index is 9.87. The van der Waals surface area contributed by atoms with Gasteiger partial charge in [0.2, 0.25) is 0 Å².